The van der Waals surface area contributed by atoms with Gasteiger partial charge in [-0.3, -0.25) is 9.48 Å². The van der Waals surface area contributed by atoms with Crippen LogP contribution in [-0.2, 0) is 11.3 Å². The highest BCUT2D eigenvalue weighted by Crippen LogP contribution is 2.25. The summed E-state index contributed by atoms with van der Waals surface area (Å²) in [6.07, 6.45) is 3.80. The highest BCUT2D eigenvalue weighted by molar-refractivity contribution is 9.10. The number of aromatic nitrogens is 2. The van der Waals surface area contributed by atoms with Crippen LogP contribution >= 0.6 is 39.1 Å². The van der Waals surface area contributed by atoms with Crippen molar-refractivity contribution in [3.05, 3.63) is 45.1 Å². The minimum absolute atomic E-state index is 0.129. The number of aryl methyl sites for hydroxylation is 1. The minimum Gasteiger partial charge on any atom is -0.325 e. The fourth-order valence-corrected chi connectivity index (χ4v) is 2.26. The van der Waals surface area contributed by atoms with Gasteiger partial charge in [-0.15, -0.1) is 0 Å². The van der Waals surface area contributed by atoms with Crippen LogP contribution in [0.4, 0.5) is 5.69 Å². The maximum Gasteiger partial charge on any atom is 0.226 e. The van der Waals surface area contributed by atoms with Crippen molar-refractivity contribution >= 4 is 50.7 Å². The SMILES string of the molecule is O=C(CCn1cc(Br)cn1)Nc1ccc(Cl)cc1Cl. The lowest BCUT2D eigenvalue weighted by Crippen LogP contribution is -2.14. The fourth-order valence-electron chi connectivity index (χ4n) is 1.48. The van der Waals surface area contributed by atoms with Gasteiger partial charge in [0.2, 0.25) is 5.91 Å². The molecule has 0 aliphatic rings. The normalized spacial score (nSPS) is 10.5. The molecule has 1 N–H and O–H groups in total. The molecule has 1 aromatic carbocycles. The lowest BCUT2D eigenvalue weighted by Gasteiger charge is -2.07. The summed E-state index contributed by atoms with van der Waals surface area (Å²) in [5.74, 6) is -0.129. The zero-order valence-electron chi connectivity index (χ0n) is 9.74. The summed E-state index contributed by atoms with van der Waals surface area (Å²) in [6, 6.07) is 4.93. The third kappa shape index (κ3) is 4.23. The summed E-state index contributed by atoms with van der Waals surface area (Å²) in [7, 11) is 0. The number of amides is 1. The van der Waals surface area contributed by atoms with Crippen LogP contribution < -0.4 is 5.32 Å². The summed E-state index contributed by atoms with van der Waals surface area (Å²) >= 11 is 15.1. The Balaban J connectivity index is 1.90. The number of carbonyl (C=O) groups excluding carboxylic acids is 1. The van der Waals surface area contributed by atoms with Gasteiger partial charge in [0.15, 0.2) is 0 Å². The molecule has 100 valence electrons. The van der Waals surface area contributed by atoms with E-state index in [0.717, 1.165) is 4.47 Å². The van der Waals surface area contributed by atoms with E-state index in [0.29, 0.717) is 28.7 Å². The molecular weight excluding hydrogens is 353 g/mol. The van der Waals surface area contributed by atoms with E-state index in [1.165, 1.54) is 0 Å². The first-order valence-electron chi connectivity index (χ1n) is 5.47. The molecule has 1 heterocycles. The lowest BCUT2D eigenvalue weighted by molar-refractivity contribution is -0.116. The molecule has 0 bridgehead atoms. The van der Waals surface area contributed by atoms with Crippen LogP contribution in [0.15, 0.2) is 35.1 Å². The van der Waals surface area contributed by atoms with Crippen molar-refractivity contribution in [2.75, 3.05) is 5.32 Å². The number of rotatable bonds is 4. The van der Waals surface area contributed by atoms with Crippen molar-refractivity contribution in [2.45, 2.75) is 13.0 Å². The maximum absolute atomic E-state index is 11.8. The first-order chi connectivity index (χ1) is 9.04. The second-order valence-electron chi connectivity index (χ2n) is 3.84. The summed E-state index contributed by atoms with van der Waals surface area (Å²) in [5, 5.41) is 7.75. The van der Waals surface area contributed by atoms with Gasteiger partial charge in [-0.25, -0.2) is 0 Å². The fraction of sp³-hybridized carbons (Fsp3) is 0.167. The third-order valence-electron chi connectivity index (χ3n) is 2.37. The molecule has 0 spiro atoms. The topological polar surface area (TPSA) is 46.9 Å². The molecule has 2 rings (SSSR count). The maximum atomic E-state index is 11.8. The molecule has 0 fully saturated rings. The Morgan fingerprint density at radius 2 is 2.21 bits per heavy atom. The van der Waals surface area contributed by atoms with E-state index >= 15 is 0 Å². The summed E-state index contributed by atoms with van der Waals surface area (Å²) in [4.78, 5) is 11.8. The third-order valence-corrected chi connectivity index (χ3v) is 3.33. The van der Waals surface area contributed by atoms with E-state index in [2.05, 4.69) is 26.3 Å². The Morgan fingerprint density at radius 1 is 1.42 bits per heavy atom. The Kier molecular flexibility index (Phi) is 4.85. The van der Waals surface area contributed by atoms with Crippen molar-refractivity contribution < 1.29 is 4.79 Å². The van der Waals surface area contributed by atoms with Gasteiger partial charge in [-0.2, -0.15) is 5.10 Å². The van der Waals surface area contributed by atoms with E-state index in [-0.39, 0.29) is 5.91 Å². The first-order valence-corrected chi connectivity index (χ1v) is 7.02. The average molecular weight is 363 g/mol. The Morgan fingerprint density at radius 3 is 2.84 bits per heavy atom. The van der Waals surface area contributed by atoms with Crippen molar-refractivity contribution in [1.82, 2.24) is 9.78 Å². The van der Waals surface area contributed by atoms with Crippen molar-refractivity contribution in [3.8, 4) is 0 Å². The Hall–Kier alpha value is -1.04. The first kappa shape index (κ1) is 14.4. The smallest absolute Gasteiger partial charge is 0.226 e. The predicted molar refractivity (Wildman–Crippen MR) is 79.6 cm³/mol. The number of hydrogen-bond acceptors (Lipinski definition) is 2. The highest BCUT2D eigenvalue weighted by atomic mass is 79.9. The van der Waals surface area contributed by atoms with Crippen molar-refractivity contribution in [2.24, 2.45) is 0 Å². The Bertz CT molecular complexity index is 600. The van der Waals surface area contributed by atoms with Crippen LogP contribution in [0.5, 0.6) is 0 Å². The van der Waals surface area contributed by atoms with E-state index in [4.69, 9.17) is 23.2 Å². The average Bonchev–Trinajstić information content (AvgIpc) is 2.76. The molecule has 1 amide bonds. The molecule has 4 nitrogen and oxygen atoms in total. The molecule has 7 heteroatoms. The molecule has 0 saturated carbocycles. The van der Waals surface area contributed by atoms with Gasteiger partial charge in [-0.1, -0.05) is 23.2 Å². The molecular formula is C12H10BrCl2N3O. The second-order valence-corrected chi connectivity index (χ2v) is 5.60. The molecule has 0 unspecified atom stereocenters. The molecule has 19 heavy (non-hydrogen) atoms. The minimum atomic E-state index is -0.129. The van der Waals surface area contributed by atoms with Gasteiger partial charge in [0, 0.05) is 24.2 Å². The lowest BCUT2D eigenvalue weighted by atomic mass is 10.3. The van der Waals surface area contributed by atoms with Gasteiger partial charge < -0.3 is 5.32 Å². The van der Waals surface area contributed by atoms with Gasteiger partial charge in [0.05, 0.1) is 21.4 Å². The molecule has 2 aromatic rings. The molecule has 0 aliphatic carbocycles. The van der Waals surface area contributed by atoms with Gasteiger partial charge >= 0.3 is 0 Å². The van der Waals surface area contributed by atoms with Crippen LogP contribution in [0.3, 0.4) is 0 Å². The van der Waals surface area contributed by atoms with Crippen LogP contribution in [0.25, 0.3) is 0 Å². The number of carbonyl (C=O) groups is 1. The molecule has 0 aliphatic heterocycles. The van der Waals surface area contributed by atoms with E-state index in [9.17, 15) is 4.79 Å². The molecule has 0 atom stereocenters. The zero-order valence-corrected chi connectivity index (χ0v) is 12.8. The number of nitrogens with zero attached hydrogens (tertiary/aromatic N) is 2. The second kappa shape index (κ2) is 6.41. The zero-order chi connectivity index (χ0) is 13.8. The van der Waals surface area contributed by atoms with Crippen molar-refractivity contribution in [1.29, 1.82) is 0 Å². The van der Waals surface area contributed by atoms with E-state index < -0.39 is 0 Å². The van der Waals surface area contributed by atoms with E-state index in [1.807, 2.05) is 6.20 Å². The molecule has 0 radical (unpaired) electrons. The van der Waals surface area contributed by atoms with Crippen molar-refractivity contribution in [3.63, 3.8) is 0 Å². The highest BCUT2D eigenvalue weighted by Gasteiger charge is 2.07. The summed E-state index contributed by atoms with van der Waals surface area (Å²) in [6.45, 7) is 0.503. The van der Waals surface area contributed by atoms with Crippen LogP contribution in [0.2, 0.25) is 10.0 Å². The number of nitrogens with one attached hydrogen (secondary N) is 1. The monoisotopic (exact) mass is 361 g/mol. The number of anilines is 1. The predicted octanol–water partition coefficient (Wildman–Crippen LogP) is 3.98. The molecule has 1 aromatic heterocycles. The number of halogens is 3. The number of benzene rings is 1. The number of hydrogen-bond donors (Lipinski definition) is 1. The van der Waals surface area contributed by atoms with E-state index in [1.54, 1.807) is 29.1 Å². The Labute approximate surface area is 128 Å². The van der Waals surface area contributed by atoms with Gasteiger partial charge in [0.1, 0.15) is 0 Å². The summed E-state index contributed by atoms with van der Waals surface area (Å²) in [5.41, 5.74) is 0.553. The standard InChI is InChI=1S/C12H10BrCl2N3O/c13-8-6-16-18(7-8)4-3-12(19)17-11-2-1-9(14)5-10(11)15/h1-2,5-7H,3-4H2,(H,17,19). The quantitative estimate of drug-likeness (QED) is 0.894. The van der Waals surface area contributed by atoms with Crippen LogP contribution in [0.1, 0.15) is 6.42 Å². The van der Waals surface area contributed by atoms with Crippen LogP contribution in [0, 0.1) is 0 Å². The van der Waals surface area contributed by atoms with Gasteiger partial charge in [-0.05, 0) is 34.1 Å². The molecule has 0 saturated heterocycles. The van der Waals surface area contributed by atoms with Crippen LogP contribution in [-0.4, -0.2) is 15.7 Å². The summed E-state index contributed by atoms with van der Waals surface area (Å²) < 4.78 is 2.57. The van der Waals surface area contributed by atoms with Gasteiger partial charge in [0.25, 0.3) is 0 Å². The largest absolute Gasteiger partial charge is 0.325 e.